The number of methoxy groups -OCH3 is 1. The number of ether oxygens (including phenoxy) is 1. The molecular weight excluding hydrogens is 264 g/mol. The summed E-state index contributed by atoms with van der Waals surface area (Å²) in [4.78, 5) is 10.5. The Balaban J connectivity index is 2.09. The Hall–Kier alpha value is -1.07. The number of hydrogen-bond acceptors (Lipinski definition) is 5. The molecule has 19 heavy (non-hydrogen) atoms. The summed E-state index contributed by atoms with van der Waals surface area (Å²) in [5.41, 5.74) is 0. The lowest BCUT2D eigenvalue weighted by atomic mass is 9.90. The van der Waals surface area contributed by atoms with Crippen LogP contribution in [-0.2, 0) is 0 Å². The van der Waals surface area contributed by atoms with Gasteiger partial charge in [0.25, 0.3) is 0 Å². The van der Waals surface area contributed by atoms with Gasteiger partial charge in [-0.15, -0.1) is 0 Å². The zero-order chi connectivity index (χ0) is 13.8. The van der Waals surface area contributed by atoms with E-state index in [1.807, 2.05) is 14.1 Å². The summed E-state index contributed by atoms with van der Waals surface area (Å²) in [6.45, 7) is 0. The van der Waals surface area contributed by atoms with Crippen LogP contribution < -0.4 is 15.0 Å². The molecular formula is C13H21ClN4O. The lowest BCUT2D eigenvalue weighted by Gasteiger charge is -2.35. The lowest BCUT2D eigenvalue weighted by molar-refractivity contribution is 0.348. The van der Waals surface area contributed by atoms with Gasteiger partial charge in [0.15, 0.2) is 5.82 Å². The third kappa shape index (κ3) is 3.28. The molecule has 1 aliphatic rings. The van der Waals surface area contributed by atoms with E-state index in [4.69, 9.17) is 16.3 Å². The highest BCUT2D eigenvalue weighted by Gasteiger charge is 2.25. The van der Waals surface area contributed by atoms with Gasteiger partial charge >= 0.3 is 6.01 Å². The van der Waals surface area contributed by atoms with Crippen LogP contribution in [0, 0.1) is 0 Å². The molecule has 1 saturated carbocycles. The van der Waals surface area contributed by atoms with Crippen LogP contribution in [0.5, 0.6) is 6.01 Å². The molecule has 0 radical (unpaired) electrons. The van der Waals surface area contributed by atoms with Crippen LogP contribution >= 0.6 is 11.6 Å². The number of halogens is 1. The quantitative estimate of drug-likeness (QED) is 0.918. The molecule has 1 heterocycles. The van der Waals surface area contributed by atoms with Gasteiger partial charge in [0.1, 0.15) is 5.02 Å². The average Bonchev–Trinajstić information content (AvgIpc) is 2.47. The molecule has 6 heteroatoms. The van der Waals surface area contributed by atoms with Crippen LogP contribution in [0.15, 0.2) is 6.20 Å². The first-order valence-corrected chi connectivity index (χ1v) is 7.00. The minimum atomic E-state index is 0.357. The molecule has 1 aromatic heterocycles. The molecule has 1 fully saturated rings. The summed E-state index contributed by atoms with van der Waals surface area (Å²) >= 11 is 6.19. The second kappa shape index (κ2) is 6.39. The zero-order valence-corrected chi connectivity index (χ0v) is 12.4. The highest BCUT2D eigenvalue weighted by Crippen LogP contribution is 2.30. The molecule has 1 aliphatic carbocycles. The summed E-state index contributed by atoms with van der Waals surface area (Å²) in [6.07, 6.45) is 6.25. The molecule has 5 nitrogen and oxygen atoms in total. The van der Waals surface area contributed by atoms with Crippen molar-refractivity contribution < 1.29 is 4.74 Å². The lowest BCUT2D eigenvalue weighted by Crippen LogP contribution is -2.40. The van der Waals surface area contributed by atoms with Crippen LogP contribution in [0.2, 0.25) is 5.02 Å². The van der Waals surface area contributed by atoms with E-state index in [1.54, 1.807) is 13.3 Å². The molecule has 106 valence electrons. The zero-order valence-electron chi connectivity index (χ0n) is 11.7. The van der Waals surface area contributed by atoms with Gasteiger partial charge in [-0.25, -0.2) is 4.98 Å². The first-order valence-electron chi connectivity index (χ1n) is 6.62. The summed E-state index contributed by atoms with van der Waals surface area (Å²) in [5.74, 6) is 0.751. The van der Waals surface area contributed by atoms with E-state index in [9.17, 15) is 0 Å². The Morgan fingerprint density at radius 3 is 2.63 bits per heavy atom. The van der Waals surface area contributed by atoms with E-state index in [0.717, 1.165) is 18.7 Å². The number of nitrogens with one attached hydrogen (secondary N) is 1. The smallest absolute Gasteiger partial charge is 0.318 e. The molecule has 0 bridgehead atoms. The predicted molar refractivity (Wildman–Crippen MR) is 77.1 cm³/mol. The fraction of sp³-hybridized carbons (Fsp3) is 0.692. The molecule has 0 amide bonds. The molecule has 1 aromatic rings. The molecule has 0 saturated heterocycles. The molecule has 0 unspecified atom stereocenters. The van der Waals surface area contributed by atoms with E-state index in [2.05, 4.69) is 20.2 Å². The maximum atomic E-state index is 6.19. The first-order chi connectivity index (χ1) is 9.15. The van der Waals surface area contributed by atoms with E-state index in [0.29, 0.717) is 23.1 Å². The molecule has 2 rings (SSSR count). The van der Waals surface area contributed by atoms with Crippen molar-refractivity contribution in [1.82, 2.24) is 15.3 Å². The van der Waals surface area contributed by atoms with Gasteiger partial charge in [0.2, 0.25) is 0 Å². The SMILES string of the molecule is CNC1CCC(N(C)c2nc(OC)ncc2Cl)CC1. The van der Waals surface area contributed by atoms with Crippen LogP contribution in [0.1, 0.15) is 25.7 Å². The summed E-state index contributed by atoms with van der Waals surface area (Å²) in [7, 11) is 5.63. The molecule has 0 atom stereocenters. The van der Waals surface area contributed by atoms with Gasteiger partial charge in [-0.2, -0.15) is 4.98 Å². The first kappa shape index (κ1) is 14.3. The van der Waals surface area contributed by atoms with Gasteiger partial charge in [-0.1, -0.05) is 11.6 Å². The van der Waals surface area contributed by atoms with E-state index >= 15 is 0 Å². The monoisotopic (exact) mass is 284 g/mol. The molecule has 0 aliphatic heterocycles. The van der Waals surface area contributed by atoms with Crippen LogP contribution in [-0.4, -0.2) is 43.3 Å². The van der Waals surface area contributed by atoms with Crippen molar-refractivity contribution in [3.8, 4) is 6.01 Å². The van der Waals surface area contributed by atoms with Crippen LogP contribution in [0.25, 0.3) is 0 Å². The fourth-order valence-electron chi connectivity index (χ4n) is 2.61. The van der Waals surface area contributed by atoms with Crippen molar-refractivity contribution in [3.05, 3.63) is 11.2 Å². The Kier molecular flexibility index (Phi) is 4.82. The van der Waals surface area contributed by atoms with Gasteiger partial charge in [0.05, 0.1) is 13.3 Å². The van der Waals surface area contributed by atoms with Crippen molar-refractivity contribution in [3.63, 3.8) is 0 Å². The third-order valence-corrected chi connectivity index (χ3v) is 4.14. The van der Waals surface area contributed by atoms with Gasteiger partial charge in [-0.3, -0.25) is 0 Å². The highest BCUT2D eigenvalue weighted by atomic mass is 35.5. The molecule has 1 N–H and O–H groups in total. The third-order valence-electron chi connectivity index (χ3n) is 3.87. The van der Waals surface area contributed by atoms with E-state index in [1.165, 1.54) is 12.8 Å². The fourth-order valence-corrected chi connectivity index (χ4v) is 2.84. The Bertz CT molecular complexity index is 421. The average molecular weight is 285 g/mol. The maximum absolute atomic E-state index is 6.19. The van der Waals surface area contributed by atoms with Gasteiger partial charge in [0, 0.05) is 19.1 Å². The standard InChI is InChI=1S/C13H21ClN4O/c1-15-9-4-6-10(7-5-9)18(2)12-11(14)8-16-13(17-12)19-3/h8-10,15H,4-7H2,1-3H3. The minimum absolute atomic E-state index is 0.357. The van der Waals surface area contributed by atoms with E-state index < -0.39 is 0 Å². The highest BCUT2D eigenvalue weighted by molar-refractivity contribution is 6.32. The normalized spacial score (nSPS) is 23.2. The van der Waals surface area contributed by atoms with Crippen molar-refractivity contribution >= 4 is 17.4 Å². The molecule has 0 spiro atoms. The van der Waals surface area contributed by atoms with Crippen molar-refractivity contribution in [2.24, 2.45) is 0 Å². The number of rotatable bonds is 4. The number of hydrogen-bond donors (Lipinski definition) is 1. The molecule has 0 aromatic carbocycles. The predicted octanol–water partition coefficient (Wildman–Crippen LogP) is 2.11. The number of aromatic nitrogens is 2. The minimum Gasteiger partial charge on any atom is -0.467 e. The van der Waals surface area contributed by atoms with Gasteiger partial charge in [-0.05, 0) is 32.7 Å². The topological polar surface area (TPSA) is 50.3 Å². The number of anilines is 1. The maximum Gasteiger partial charge on any atom is 0.318 e. The Morgan fingerprint density at radius 1 is 1.37 bits per heavy atom. The summed E-state index contributed by atoms with van der Waals surface area (Å²) in [5, 5.41) is 3.91. The second-order valence-corrected chi connectivity index (χ2v) is 5.34. The van der Waals surface area contributed by atoms with Crippen molar-refractivity contribution in [2.45, 2.75) is 37.8 Å². The van der Waals surface area contributed by atoms with Crippen molar-refractivity contribution in [1.29, 1.82) is 0 Å². The van der Waals surface area contributed by atoms with Crippen molar-refractivity contribution in [2.75, 3.05) is 26.1 Å². The largest absolute Gasteiger partial charge is 0.467 e. The van der Waals surface area contributed by atoms with Crippen LogP contribution in [0.4, 0.5) is 5.82 Å². The number of nitrogens with zero attached hydrogens (tertiary/aromatic N) is 3. The Labute approximate surface area is 119 Å². The van der Waals surface area contributed by atoms with Gasteiger partial charge < -0.3 is 15.0 Å². The van der Waals surface area contributed by atoms with Crippen LogP contribution in [0.3, 0.4) is 0 Å². The second-order valence-electron chi connectivity index (χ2n) is 4.93. The summed E-state index contributed by atoms with van der Waals surface area (Å²) in [6, 6.07) is 1.47. The Morgan fingerprint density at radius 2 is 2.05 bits per heavy atom. The van der Waals surface area contributed by atoms with E-state index in [-0.39, 0.29) is 0 Å². The summed E-state index contributed by atoms with van der Waals surface area (Å²) < 4.78 is 5.06.